The van der Waals surface area contributed by atoms with Crippen molar-refractivity contribution in [1.82, 2.24) is 10.0 Å². The van der Waals surface area contributed by atoms with E-state index in [9.17, 15) is 19.2 Å². The fourth-order valence-electron chi connectivity index (χ4n) is 4.86. The number of fused-ring (bicyclic) bond motifs is 1. The van der Waals surface area contributed by atoms with Crippen LogP contribution in [0.15, 0.2) is 42.5 Å². The number of rotatable bonds is 5. The molecule has 2 aromatic rings. The van der Waals surface area contributed by atoms with E-state index in [4.69, 9.17) is 23.2 Å². The third-order valence-corrected chi connectivity index (χ3v) is 7.58. The monoisotopic (exact) mass is 500 g/mol. The molecule has 0 spiro atoms. The SMILES string of the molecule is Cc1ccc(C(=O)[C@H](C)N(C(=O)c2ccc(Cl)c(Cl)c2)N2C(=O)[C@@H]3CC[C@@H](C)C[C@H]3C2=O)cc1. The number of hydrogen-bond donors (Lipinski definition) is 0. The van der Waals surface area contributed by atoms with Crippen LogP contribution in [0, 0.1) is 24.7 Å². The van der Waals surface area contributed by atoms with E-state index < -0.39 is 35.6 Å². The molecule has 1 saturated carbocycles. The number of Topliss-reactive ketones (excluding diaryl/α,β-unsaturated/α-hetero) is 1. The second-order valence-corrected chi connectivity index (χ2v) is 10.1. The fraction of sp³-hybridized carbons (Fsp3) is 0.385. The van der Waals surface area contributed by atoms with Gasteiger partial charge < -0.3 is 0 Å². The van der Waals surface area contributed by atoms with E-state index in [-0.39, 0.29) is 21.4 Å². The van der Waals surface area contributed by atoms with Crippen molar-refractivity contribution in [2.75, 3.05) is 0 Å². The van der Waals surface area contributed by atoms with Gasteiger partial charge in [-0.05, 0) is 57.2 Å². The first kappa shape index (κ1) is 24.4. The van der Waals surface area contributed by atoms with Gasteiger partial charge in [0.1, 0.15) is 6.04 Å². The highest BCUT2D eigenvalue weighted by atomic mass is 35.5. The van der Waals surface area contributed by atoms with E-state index in [2.05, 4.69) is 6.92 Å². The summed E-state index contributed by atoms with van der Waals surface area (Å²) in [7, 11) is 0. The molecule has 0 radical (unpaired) electrons. The number of nitrogens with zero attached hydrogens (tertiary/aromatic N) is 2. The smallest absolute Gasteiger partial charge is 0.273 e. The first-order chi connectivity index (χ1) is 16.1. The Morgan fingerprint density at radius 1 is 0.941 bits per heavy atom. The summed E-state index contributed by atoms with van der Waals surface area (Å²) in [6.45, 7) is 5.49. The van der Waals surface area contributed by atoms with Gasteiger partial charge in [0.25, 0.3) is 17.7 Å². The van der Waals surface area contributed by atoms with Crippen LogP contribution in [-0.2, 0) is 9.59 Å². The Kier molecular flexibility index (Phi) is 6.83. The van der Waals surface area contributed by atoms with Gasteiger partial charge >= 0.3 is 0 Å². The Morgan fingerprint density at radius 3 is 2.21 bits per heavy atom. The number of carbonyl (C=O) groups is 4. The molecule has 8 heteroatoms. The summed E-state index contributed by atoms with van der Waals surface area (Å²) in [5, 5.41) is 2.35. The Bertz CT molecular complexity index is 1160. The Hall–Kier alpha value is -2.70. The number of halogens is 2. The number of aryl methyl sites for hydroxylation is 1. The second kappa shape index (κ2) is 9.51. The van der Waals surface area contributed by atoms with Crippen molar-refractivity contribution in [3.8, 4) is 0 Å². The van der Waals surface area contributed by atoms with Gasteiger partial charge in [0.05, 0.1) is 21.9 Å². The number of imide groups is 1. The van der Waals surface area contributed by atoms with E-state index >= 15 is 0 Å². The molecule has 0 N–H and O–H groups in total. The summed E-state index contributed by atoms with van der Waals surface area (Å²) < 4.78 is 0. The highest BCUT2D eigenvalue weighted by molar-refractivity contribution is 6.42. The number of hydrogen-bond acceptors (Lipinski definition) is 4. The molecule has 4 rings (SSSR count). The van der Waals surface area contributed by atoms with E-state index in [0.717, 1.165) is 22.0 Å². The molecule has 1 aliphatic carbocycles. The lowest BCUT2D eigenvalue weighted by Crippen LogP contribution is -2.56. The van der Waals surface area contributed by atoms with Gasteiger partial charge in [0.15, 0.2) is 5.78 Å². The predicted molar refractivity (Wildman–Crippen MR) is 129 cm³/mol. The summed E-state index contributed by atoms with van der Waals surface area (Å²) in [5.74, 6) is -2.56. The van der Waals surface area contributed by atoms with Crippen LogP contribution in [0.5, 0.6) is 0 Å². The normalized spacial score (nSPS) is 23.0. The molecule has 2 fully saturated rings. The summed E-state index contributed by atoms with van der Waals surface area (Å²) >= 11 is 12.1. The summed E-state index contributed by atoms with van der Waals surface area (Å²) in [6.07, 6.45) is 2.01. The zero-order chi connectivity index (χ0) is 24.7. The minimum atomic E-state index is -1.10. The first-order valence-electron chi connectivity index (χ1n) is 11.4. The maximum Gasteiger partial charge on any atom is 0.273 e. The van der Waals surface area contributed by atoms with Crippen LogP contribution in [0.1, 0.15) is 59.4 Å². The highest BCUT2D eigenvalue weighted by Gasteiger charge is 2.54. The van der Waals surface area contributed by atoms with Crippen LogP contribution in [0.25, 0.3) is 0 Å². The van der Waals surface area contributed by atoms with Gasteiger partial charge in [0, 0.05) is 11.1 Å². The summed E-state index contributed by atoms with van der Waals surface area (Å²) in [4.78, 5) is 54.0. The van der Waals surface area contributed by atoms with Crippen molar-refractivity contribution >= 4 is 46.7 Å². The molecule has 4 atom stereocenters. The van der Waals surface area contributed by atoms with Crippen molar-refractivity contribution in [2.45, 2.75) is 46.1 Å². The predicted octanol–water partition coefficient (Wildman–Crippen LogP) is 5.35. The van der Waals surface area contributed by atoms with Gasteiger partial charge in [0.2, 0.25) is 0 Å². The van der Waals surface area contributed by atoms with Crippen molar-refractivity contribution in [3.63, 3.8) is 0 Å². The molecule has 2 aliphatic rings. The molecule has 1 saturated heterocycles. The lowest BCUT2D eigenvalue weighted by atomic mass is 9.76. The van der Waals surface area contributed by atoms with E-state index in [0.29, 0.717) is 24.3 Å². The molecular formula is C26H26Cl2N2O4. The average molecular weight is 501 g/mol. The average Bonchev–Trinajstić information content (AvgIpc) is 3.05. The van der Waals surface area contributed by atoms with Crippen LogP contribution >= 0.6 is 23.2 Å². The molecule has 1 heterocycles. The van der Waals surface area contributed by atoms with E-state index in [1.165, 1.54) is 25.1 Å². The molecule has 0 unspecified atom stereocenters. The van der Waals surface area contributed by atoms with E-state index in [1.54, 1.807) is 24.3 Å². The zero-order valence-corrected chi connectivity index (χ0v) is 20.8. The van der Waals surface area contributed by atoms with Gasteiger partial charge in [-0.1, -0.05) is 60.0 Å². The number of amides is 3. The zero-order valence-electron chi connectivity index (χ0n) is 19.3. The molecule has 3 amide bonds. The second-order valence-electron chi connectivity index (χ2n) is 9.30. The van der Waals surface area contributed by atoms with Gasteiger partial charge in [-0.3, -0.25) is 19.2 Å². The van der Waals surface area contributed by atoms with E-state index in [1.807, 2.05) is 6.92 Å². The van der Waals surface area contributed by atoms with Crippen molar-refractivity contribution < 1.29 is 19.2 Å². The third-order valence-electron chi connectivity index (χ3n) is 6.84. The Labute approximate surface area is 208 Å². The van der Waals surface area contributed by atoms with Crippen molar-refractivity contribution in [2.24, 2.45) is 17.8 Å². The number of carbonyl (C=O) groups excluding carboxylic acids is 4. The lowest BCUT2D eigenvalue weighted by Gasteiger charge is -2.34. The standard InChI is InChI=1S/C26H26Cl2N2O4/c1-14-4-7-17(8-5-14)23(31)16(3)29(24(32)18-9-11-21(27)22(28)13-18)30-25(33)19-10-6-15(2)12-20(19)26(30)34/h4-5,7-9,11,13,15-16,19-20H,6,10,12H2,1-3H3/t15-,16+,19-,20-/m1/s1. The van der Waals surface area contributed by atoms with Crippen LogP contribution < -0.4 is 0 Å². The minimum Gasteiger partial charge on any atom is -0.292 e. The molecule has 2 aromatic carbocycles. The van der Waals surface area contributed by atoms with Gasteiger partial charge in [-0.25, -0.2) is 5.01 Å². The minimum absolute atomic E-state index is 0.127. The molecule has 34 heavy (non-hydrogen) atoms. The number of ketones is 1. The molecular weight excluding hydrogens is 475 g/mol. The fourth-order valence-corrected chi connectivity index (χ4v) is 5.15. The van der Waals surface area contributed by atoms with Crippen molar-refractivity contribution in [3.05, 3.63) is 69.2 Å². The van der Waals surface area contributed by atoms with Crippen molar-refractivity contribution in [1.29, 1.82) is 0 Å². The maximum absolute atomic E-state index is 13.7. The van der Waals surface area contributed by atoms with Crippen LogP contribution in [0.3, 0.4) is 0 Å². The molecule has 1 aliphatic heterocycles. The Morgan fingerprint density at radius 2 is 1.56 bits per heavy atom. The topological polar surface area (TPSA) is 74.8 Å². The largest absolute Gasteiger partial charge is 0.292 e. The highest BCUT2D eigenvalue weighted by Crippen LogP contribution is 2.41. The van der Waals surface area contributed by atoms with Crippen LogP contribution in [0.2, 0.25) is 10.0 Å². The van der Waals surface area contributed by atoms with Gasteiger partial charge in [-0.2, -0.15) is 5.01 Å². The number of benzene rings is 2. The third kappa shape index (κ3) is 4.37. The van der Waals surface area contributed by atoms with Crippen LogP contribution in [-0.4, -0.2) is 39.6 Å². The van der Waals surface area contributed by atoms with Gasteiger partial charge in [-0.15, -0.1) is 0 Å². The molecule has 6 nitrogen and oxygen atoms in total. The maximum atomic E-state index is 13.7. The van der Waals surface area contributed by atoms with Crippen LogP contribution in [0.4, 0.5) is 0 Å². The molecule has 178 valence electrons. The summed E-state index contributed by atoms with van der Waals surface area (Å²) in [5.41, 5.74) is 1.49. The Balaban J connectivity index is 1.76. The first-order valence-corrected chi connectivity index (χ1v) is 12.1. The number of hydrazine groups is 1. The quantitative estimate of drug-likeness (QED) is 0.409. The summed E-state index contributed by atoms with van der Waals surface area (Å²) in [6, 6.07) is 10.2. The molecule has 0 bridgehead atoms. The lowest BCUT2D eigenvalue weighted by molar-refractivity contribution is -0.156. The molecule has 0 aromatic heterocycles.